The van der Waals surface area contributed by atoms with Crippen molar-refractivity contribution >= 4 is 11.9 Å². The van der Waals surface area contributed by atoms with E-state index in [1.54, 1.807) is 0 Å². The maximum atomic E-state index is 12.2. The highest BCUT2D eigenvalue weighted by Gasteiger charge is 2.31. The Morgan fingerprint density at radius 2 is 1.00 bits per heavy atom. The molecule has 178 valence electrons. The zero-order chi connectivity index (χ0) is 23.2. The van der Waals surface area contributed by atoms with E-state index in [1.807, 2.05) is 41.5 Å². The molecule has 0 rings (SSSR count). The second-order valence-corrected chi connectivity index (χ2v) is 9.49. The van der Waals surface area contributed by atoms with Crippen LogP contribution >= 0.6 is 0 Å². The standard InChI is InChI=1S/C24H46O6/c1-9-13-15-19(11-3)21(25)27-29-23(5,6)17-18-24(7,8)30-28-22(26)20(12-4)16-14-10-2/h19-20H,9-18H2,1-8H3/t19-,20-/m0/s1. The minimum atomic E-state index is -0.670. The van der Waals surface area contributed by atoms with Gasteiger partial charge in [0.2, 0.25) is 0 Å². The average molecular weight is 431 g/mol. The lowest BCUT2D eigenvalue weighted by Gasteiger charge is -2.29. The van der Waals surface area contributed by atoms with Crippen molar-refractivity contribution in [2.75, 3.05) is 0 Å². The van der Waals surface area contributed by atoms with Gasteiger partial charge in [-0.2, -0.15) is 9.78 Å². The molecule has 0 bridgehead atoms. The molecule has 0 fully saturated rings. The van der Waals surface area contributed by atoms with Crippen molar-refractivity contribution in [2.24, 2.45) is 11.8 Å². The Morgan fingerprint density at radius 3 is 1.27 bits per heavy atom. The molecule has 0 aliphatic carbocycles. The average Bonchev–Trinajstić information content (AvgIpc) is 2.70. The van der Waals surface area contributed by atoms with Crippen LogP contribution in [0.4, 0.5) is 0 Å². The summed E-state index contributed by atoms with van der Waals surface area (Å²) in [7, 11) is 0. The lowest BCUT2D eigenvalue weighted by Crippen LogP contribution is -2.34. The van der Waals surface area contributed by atoms with Crippen LogP contribution in [0.5, 0.6) is 0 Å². The Labute approximate surface area is 184 Å². The van der Waals surface area contributed by atoms with E-state index in [-0.39, 0.29) is 23.8 Å². The summed E-state index contributed by atoms with van der Waals surface area (Å²) in [6, 6.07) is 0. The number of unbranched alkanes of at least 4 members (excludes halogenated alkanes) is 2. The molecule has 0 aliphatic rings. The summed E-state index contributed by atoms with van der Waals surface area (Å²) >= 11 is 0. The van der Waals surface area contributed by atoms with Gasteiger partial charge in [-0.25, -0.2) is 9.59 Å². The molecule has 0 saturated carbocycles. The monoisotopic (exact) mass is 430 g/mol. The van der Waals surface area contributed by atoms with Crippen LogP contribution in [-0.2, 0) is 29.1 Å². The second kappa shape index (κ2) is 14.8. The maximum absolute atomic E-state index is 12.2. The third-order valence-corrected chi connectivity index (χ3v) is 5.49. The van der Waals surface area contributed by atoms with Crippen molar-refractivity contribution in [1.29, 1.82) is 0 Å². The predicted octanol–water partition coefficient (Wildman–Crippen LogP) is 6.71. The number of carbonyl (C=O) groups is 2. The highest BCUT2D eigenvalue weighted by molar-refractivity contribution is 5.72. The summed E-state index contributed by atoms with van der Waals surface area (Å²) in [6.45, 7) is 15.7. The highest BCUT2D eigenvalue weighted by Crippen LogP contribution is 2.27. The van der Waals surface area contributed by atoms with Crippen molar-refractivity contribution in [3.8, 4) is 0 Å². The fraction of sp³-hybridized carbons (Fsp3) is 0.917. The van der Waals surface area contributed by atoms with E-state index in [4.69, 9.17) is 19.6 Å². The summed E-state index contributed by atoms with van der Waals surface area (Å²) in [5.74, 6) is -0.861. The lowest BCUT2D eigenvalue weighted by atomic mass is 9.94. The fourth-order valence-corrected chi connectivity index (χ4v) is 3.01. The Kier molecular flexibility index (Phi) is 14.2. The molecule has 6 nitrogen and oxygen atoms in total. The Hall–Kier alpha value is -1.14. The first-order valence-electron chi connectivity index (χ1n) is 11.8. The normalized spacial score (nSPS) is 14.3. The van der Waals surface area contributed by atoms with Gasteiger partial charge >= 0.3 is 11.9 Å². The van der Waals surface area contributed by atoms with E-state index < -0.39 is 11.2 Å². The molecule has 0 unspecified atom stereocenters. The Balaban J connectivity index is 4.47. The van der Waals surface area contributed by atoms with E-state index in [9.17, 15) is 9.59 Å². The molecule has 0 N–H and O–H groups in total. The van der Waals surface area contributed by atoms with Crippen molar-refractivity contribution in [2.45, 2.75) is 131 Å². The molecule has 0 radical (unpaired) electrons. The van der Waals surface area contributed by atoms with Gasteiger partial charge in [0.05, 0.1) is 11.8 Å². The summed E-state index contributed by atoms with van der Waals surface area (Å²) in [5, 5.41) is 0. The van der Waals surface area contributed by atoms with Gasteiger partial charge in [-0.1, -0.05) is 53.4 Å². The third-order valence-electron chi connectivity index (χ3n) is 5.49. The van der Waals surface area contributed by atoms with Crippen molar-refractivity contribution in [3.05, 3.63) is 0 Å². The van der Waals surface area contributed by atoms with Crippen molar-refractivity contribution in [3.63, 3.8) is 0 Å². The molecule has 0 heterocycles. The van der Waals surface area contributed by atoms with Gasteiger partial charge in [0.1, 0.15) is 11.2 Å². The molecular formula is C24H46O6. The number of rotatable bonds is 17. The first-order chi connectivity index (χ1) is 14.0. The van der Waals surface area contributed by atoms with Crippen LogP contribution in [0.1, 0.15) is 120 Å². The molecule has 0 aromatic heterocycles. The van der Waals surface area contributed by atoms with Crippen LogP contribution in [0, 0.1) is 11.8 Å². The summed E-state index contributed by atoms with van der Waals surface area (Å²) in [4.78, 5) is 45.7. The van der Waals surface area contributed by atoms with Gasteiger partial charge in [0.15, 0.2) is 0 Å². The van der Waals surface area contributed by atoms with Crippen molar-refractivity contribution in [1.82, 2.24) is 0 Å². The van der Waals surface area contributed by atoms with Crippen LogP contribution in [-0.4, -0.2) is 23.1 Å². The number of carbonyl (C=O) groups excluding carboxylic acids is 2. The molecule has 30 heavy (non-hydrogen) atoms. The van der Waals surface area contributed by atoms with E-state index in [2.05, 4.69) is 13.8 Å². The van der Waals surface area contributed by atoms with E-state index in [1.165, 1.54) is 0 Å². The first-order valence-corrected chi connectivity index (χ1v) is 11.8. The van der Waals surface area contributed by atoms with E-state index >= 15 is 0 Å². The molecule has 0 aliphatic heterocycles. The van der Waals surface area contributed by atoms with Crippen LogP contribution in [0.15, 0.2) is 0 Å². The molecule has 0 aromatic rings. The summed E-state index contributed by atoms with van der Waals surface area (Å²) in [5.41, 5.74) is -1.34. The van der Waals surface area contributed by atoms with Gasteiger partial charge in [-0.3, -0.25) is 9.78 Å². The lowest BCUT2D eigenvalue weighted by molar-refractivity contribution is -0.343. The molecular weight excluding hydrogens is 384 g/mol. The third kappa shape index (κ3) is 12.5. The number of hydrogen-bond donors (Lipinski definition) is 0. The minimum absolute atomic E-state index is 0.126. The summed E-state index contributed by atoms with van der Waals surface area (Å²) in [6.07, 6.45) is 8.36. The topological polar surface area (TPSA) is 71.1 Å². The fourth-order valence-electron chi connectivity index (χ4n) is 3.01. The van der Waals surface area contributed by atoms with Crippen molar-refractivity contribution < 1.29 is 29.1 Å². The Bertz CT molecular complexity index is 442. The van der Waals surface area contributed by atoms with Gasteiger partial charge in [-0.05, 0) is 66.2 Å². The van der Waals surface area contributed by atoms with Gasteiger partial charge < -0.3 is 0 Å². The zero-order valence-corrected chi connectivity index (χ0v) is 20.7. The smallest absolute Gasteiger partial charge is 0.298 e. The quantitative estimate of drug-likeness (QED) is 0.189. The van der Waals surface area contributed by atoms with Gasteiger partial charge in [0.25, 0.3) is 0 Å². The van der Waals surface area contributed by atoms with Gasteiger partial charge in [0, 0.05) is 0 Å². The maximum Gasteiger partial charge on any atom is 0.345 e. The van der Waals surface area contributed by atoms with E-state index in [0.717, 1.165) is 51.4 Å². The SMILES string of the molecule is CCCC[C@H](CC)C(=O)OOC(C)(C)CCC(C)(C)OOC(=O)[C@@H](CC)CCCC. The molecule has 2 atom stereocenters. The highest BCUT2D eigenvalue weighted by atomic mass is 17.2. The molecule has 0 aromatic carbocycles. The van der Waals surface area contributed by atoms with Gasteiger partial charge in [-0.15, -0.1) is 0 Å². The van der Waals surface area contributed by atoms with Crippen LogP contribution in [0.2, 0.25) is 0 Å². The molecule has 0 saturated heterocycles. The molecule has 0 spiro atoms. The summed E-state index contributed by atoms with van der Waals surface area (Å²) < 4.78 is 0. The van der Waals surface area contributed by atoms with Crippen LogP contribution in [0.3, 0.4) is 0 Å². The number of hydrogen-bond acceptors (Lipinski definition) is 6. The van der Waals surface area contributed by atoms with Crippen LogP contribution < -0.4 is 0 Å². The minimum Gasteiger partial charge on any atom is -0.298 e. The Morgan fingerprint density at radius 1 is 0.667 bits per heavy atom. The first kappa shape index (κ1) is 28.9. The molecule has 6 heteroatoms. The predicted molar refractivity (Wildman–Crippen MR) is 118 cm³/mol. The van der Waals surface area contributed by atoms with E-state index in [0.29, 0.717) is 12.8 Å². The van der Waals surface area contributed by atoms with Crippen LogP contribution in [0.25, 0.3) is 0 Å². The zero-order valence-electron chi connectivity index (χ0n) is 20.7. The largest absolute Gasteiger partial charge is 0.345 e. The molecule has 0 amide bonds. The second-order valence-electron chi connectivity index (χ2n) is 9.49.